The summed E-state index contributed by atoms with van der Waals surface area (Å²) >= 11 is 0. The Morgan fingerprint density at radius 1 is 1.26 bits per heavy atom. The average Bonchev–Trinajstić information content (AvgIpc) is 2.43. The van der Waals surface area contributed by atoms with Gasteiger partial charge in [0.1, 0.15) is 6.04 Å². The lowest BCUT2D eigenvalue weighted by atomic mass is 10.0. The fourth-order valence-electron chi connectivity index (χ4n) is 2.15. The summed E-state index contributed by atoms with van der Waals surface area (Å²) in [7, 11) is 0. The molecule has 2 rings (SSSR count). The Morgan fingerprint density at radius 2 is 1.89 bits per heavy atom. The van der Waals surface area contributed by atoms with E-state index in [2.05, 4.69) is 0 Å². The topological polar surface area (TPSA) is 44.1 Å². The molecule has 1 fully saturated rings. The van der Waals surface area contributed by atoms with Crippen molar-refractivity contribution in [3.8, 4) is 6.07 Å². The van der Waals surface area contributed by atoms with Gasteiger partial charge in [-0.3, -0.25) is 4.79 Å². The quantitative estimate of drug-likeness (QED) is 0.735. The van der Waals surface area contributed by atoms with E-state index in [0.717, 1.165) is 12.8 Å². The van der Waals surface area contributed by atoms with Gasteiger partial charge < -0.3 is 4.90 Å². The molecule has 3 nitrogen and oxygen atoms in total. The van der Waals surface area contributed by atoms with Crippen LogP contribution < -0.4 is 0 Å². The maximum atomic E-state index is 13.1. The Morgan fingerprint density at radius 3 is 2.47 bits per heavy atom. The number of hydrogen-bond donors (Lipinski definition) is 0. The first kappa shape index (κ1) is 13.4. The van der Waals surface area contributed by atoms with Gasteiger partial charge in [0.05, 0.1) is 6.07 Å². The van der Waals surface area contributed by atoms with E-state index in [1.807, 2.05) is 6.07 Å². The molecule has 0 aliphatic carbocycles. The number of halogens is 3. The summed E-state index contributed by atoms with van der Waals surface area (Å²) in [6, 6.07) is 2.70. The van der Waals surface area contributed by atoms with Crippen LogP contribution in [0.4, 0.5) is 13.2 Å². The number of benzene rings is 1. The number of nitriles is 1. The van der Waals surface area contributed by atoms with Crippen molar-refractivity contribution >= 4 is 5.91 Å². The highest BCUT2D eigenvalue weighted by Gasteiger charge is 2.28. The maximum absolute atomic E-state index is 13.1. The first-order valence-corrected chi connectivity index (χ1v) is 5.89. The van der Waals surface area contributed by atoms with Crippen LogP contribution in [0.1, 0.15) is 29.6 Å². The molecular formula is C13H11F3N2O. The first-order valence-electron chi connectivity index (χ1n) is 5.89. The van der Waals surface area contributed by atoms with Crippen molar-refractivity contribution < 1.29 is 18.0 Å². The van der Waals surface area contributed by atoms with E-state index >= 15 is 0 Å². The Labute approximate surface area is 108 Å². The summed E-state index contributed by atoms with van der Waals surface area (Å²) in [5.74, 6) is -5.07. The predicted octanol–water partition coefficient (Wildman–Crippen LogP) is 2.62. The zero-order valence-corrected chi connectivity index (χ0v) is 10.00. The van der Waals surface area contributed by atoms with Crippen molar-refractivity contribution in [2.75, 3.05) is 6.54 Å². The van der Waals surface area contributed by atoms with Gasteiger partial charge in [-0.25, -0.2) is 13.2 Å². The SMILES string of the molecule is N#CC1CCCCN1C(=O)c1cc(F)c(F)c(F)c1. The van der Waals surface area contributed by atoms with Crippen LogP contribution in [0, 0.1) is 28.8 Å². The molecule has 0 radical (unpaired) electrons. The minimum absolute atomic E-state index is 0.279. The molecule has 1 aromatic carbocycles. The van der Waals surface area contributed by atoms with E-state index < -0.39 is 29.4 Å². The van der Waals surface area contributed by atoms with E-state index in [1.165, 1.54) is 4.90 Å². The van der Waals surface area contributed by atoms with E-state index in [9.17, 15) is 18.0 Å². The van der Waals surface area contributed by atoms with Crippen LogP contribution in [0.2, 0.25) is 0 Å². The third-order valence-corrected chi connectivity index (χ3v) is 3.14. The normalized spacial score (nSPS) is 19.1. The van der Waals surface area contributed by atoms with Gasteiger partial charge in [-0.05, 0) is 31.4 Å². The van der Waals surface area contributed by atoms with Crippen molar-refractivity contribution in [3.05, 3.63) is 35.1 Å². The molecular weight excluding hydrogens is 257 g/mol. The molecule has 0 N–H and O–H groups in total. The monoisotopic (exact) mass is 268 g/mol. The molecule has 0 aromatic heterocycles. The molecule has 1 amide bonds. The third-order valence-electron chi connectivity index (χ3n) is 3.14. The van der Waals surface area contributed by atoms with E-state index in [0.29, 0.717) is 25.1 Å². The van der Waals surface area contributed by atoms with Gasteiger partial charge >= 0.3 is 0 Å². The lowest BCUT2D eigenvalue weighted by Gasteiger charge is -2.31. The third kappa shape index (κ3) is 2.55. The van der Waals surface area contributed by atoms with Crippen molar-refractivity contribution in [2.45, 2.75) is 25.3 Å². The van der Waals surface area contributed by atoms with E-state index in [-0.39, 0.29) is 5.56 Å². The second-order valence-corrected chi connectivity index (χ2v) is 4.39. The first-order chi connectivity index (χ1) is 9.04. The maximum Gasteiger partial charge on any atom is 0.255 e. The second kappa shape index (κ2) is 5.31. The van der Waals surface area contributed by atoms with Gasteiger partial charge in [0, 0.05) is 12.1 Å². The molecule has 1 aliphatic heterocycles. The Bertz CT molecular complexity index is 530. The van der Waals surface area contributed by atoms with Crippen molar-refractivity contribution in [3.63, 3.8) is 0 Å². The Kier molecular flexibility index (Phi) is 3.74. The molecule has 0 bridgehead atoms. The number of carbonyl (C=O) groups is 1. The molecule has 1 atom stereocenters. The molecule has 1 aromatic rings. The van der Waals surface area contributed by atoms with Gasteiger partial charge in [0.25, 0.3) is 5.91 Å². The zero-order valence-electron chi connectivity index (χ0n) is 10.00. The highest BCUT2D eigenvalue weighted by atomic mass is 19.2. The number of piperidine rings is 1. The van der Waals surface area contributed by atoms with Crippen LogP contribution in [0.3, 0.4) is 0 Å². The van der Waals surface area contributed by atoms with Crippen molar-refractivity contribution in [2.24, 2.45) is 0 Å². The zero-order chi connectivity index (χ0) is 14.0. The minimum Gasteiger partial charge on any atom is -0.323 e. The lowest BCUT2D eigenvalue weighted by Crippen LogP contribution is -2.43. The van der Waals surface area contributed by atoms with Crippen LogP contribution in [0.15, 0.2) is 12.1 Å². The van der Waals surface area contributed by atoms with Crippen molar-refractivity contribution in [1.29, 1.82) is 5.26 Å². The predicted molar refractivity (Wildman–Crippen MR) is 60.6 cm³/mol. The van der Waals surface area contributed by atoms with Crippen LogP contribution in [0.25, 0.3) is 0 Å². The highest BCUT2D eigenvalue weighted by Crippen LogP contribution is 2.21. The fourth-order valence-corrected chi connectivity index (χ4v) is 2.15. The van der Waals surface area contributed by atoms with Crippen LogP contribution in [-0.2, 0) is 0 Å². The van der Waals surface area contributed by atoms with Gasteiger partial charge in [-0.2, -0.15) is 5.26 Å². The lowest BCUT2D eigenvalue weighted by molar-refractivity contribution is 0.0669. The second-order valence-electron chi connectivity index (χ2n) is 4.39. The number of rotatable bonds is 1. The summed E-state index contributed by atoms with van der Waals surface area (Å²) in [5, 5.41) is 8.96. The summed E-state index contributed by atoms with van der Waals surface area (Å²) in [6.45, 7) is 0.359. The molecule has 100 valence electrons. The van der Waals surface area contributed by atoms with Gasteiger partial charge in [0.15, 0.2) is 17.5 Å². The van der Waals surface area contributed by atoms with Gasteiger partial charge in [-0.1, -0.05) is 0 Å². The van der Waals surface area contributed by atoms with Crippen molar-refractivity contribution in [1.82, 2.24) is 4.90 Å². The average molecular weight is 268 g/mol. The number of hydrogen-bond acceptors (Lipinski definition) is 2. The van der Waals surface area contributed by atoms with Gasteiger partial charge in [-0.15, -0.1) is 0 Å². The minimum atomic E-state index is -1.60. The van der Waals surface area contributed by atoms with Crippen LogP contribution >= 0.6 is 0 Å². The van der Waals surface area contributed by atoms with E-state index in [1.54, 1.807) is 0 Å². The molecule has 6 heteroatoms. The molecule has 1 unspecified atom stereocenters. The molecule has 1 heterocycles. The number of likely N-dealkylation sites (tertiary alicyclic amines) is 1. The molecule has 19 heavy (non-hydrogen) atoms. The highest BCUT2D eigenvalue weighted by molar-refractivity contribution is 5.94. The Balaban J connectivity index is 2.31. The molecule has 1 aliphatic rings. The van der Waals surface area contributed by atoms with Crippen LogP contribution in [0.5, 0.6) is 0 Å². The fraction of sp³-hybridized carbons (Fsp3) is 0.385. The van der Waals surface area contributed by atoms with Crippen LogP contribution in [-0.4, -0.2) is 23.4 Å². The summed E-state index contributed by atoms with van der Waals surface area (Å²) in [6.07, 6.45) is 2.10. The number of amides is 1. The molecule has 1 saturated heterocycles. The summed E-state index contributed by atoms with van der Waals surface area (Å²) in [4.78, 5) is 13.4. The number of carbonyl (C=O) groups excluding carboxylic acids is 1. The molecule has 0 saturated carbocycles. The van der Waals surface area contributed by atoms with Gasteiger partial charge in [0.2, 0.25) is 0 Å². The smallest absolute Gasteiger partial charge is 0.255 e. The Hall–Kier alpha value is -2.03. The standard InChI is InChI=1S/C13H11F3N2O/c14-10-5-8(6-11(15)12(10)16)13(19)18-4-2-1-3-9(18)7-17/h5-6,9H,1-4H2. The number of nitrogens with zero attached hydrogens (tertiary/aromatic N) is 2. The summed E-state index contributed by atoms with van der Waals surface area (Å²) < 4.78 is 39.0. The largest absolute Gasteiger partial charge is 0.323 e. The summed E-state index contributed by atoms with van der Waals surface area (Å²) in [5.41, 5.74) is -0.279. The molecule has 0 spiro atoms. The van der Waals surface area contributed by atoms with E-state index in [4.69, 9.17) is 5.26 Å².